The van der Waals surface area contributed by atoms with E-state index in [1.54, 1.807) is 0 Å². The Labute approximate surface area is 122 Å². The normalized spacial score (nSPS) is 13.0. The Bertz CT molecular complexity index is 431. The lowest BCUT2D eigenvalue weighted by atomic mass is 10.3. The molecule has 0 amide bonds. The van der Waals surface area contributed by atoms with E-state index >= 15 is 0 Å². The Hall–Kier alpha value is -1.34. The van der Waals surface area contributed by atoms with E-state index in [-0.39, 0.29) is 21.3 Å². The highest BCUT2D eigenvalue weighted by Crippen LogP contribution is 2.16. The summed E-state index contributed by atoms with van der Waals surface area (Å²) in [6.45, 7) is 7.43. The molecular weight excluding hydrogens is 280 g/mol. The van der Waals surface area contributed by atoms with Gasteiger partial charge in [0.15, 0.2) is 0 Å². The van der Waals surface area contributed by atoms with Crippen molar-refractivity contribution in [3.63, 3.8) is 0 Å². The van der Waals surface area contributed by atoms with E-state index in [0.717, 1.165) is 0 Å². The highest BCUT2D eigenvalue weighted by atomic mass is 32.2. The molecule has 1 rings (SSSR count). The number of nitrogens with zero attached hydrogens (tertiary/aromatic N) is 2. The van der Waals surface area contributed by atoms with E-state index in [2.05, 4.69) is 32.0 Å². The summed E-state index contributed by atoms with van der Waals surface area (Å²) in [4.78, 5) is 13.8. The van der Waals surface area contributed by atoms with Crippen LogP contribution in [-0.2, 0) is 15.6 Å². The first-order valence-electron chi connectivity index (χ1n) is 6.24. The number of ether oxygens (including phenoxy) is 2. The number of hydrogen-bond acceptors (Lipinski definition) is 5. The predicted molar refractivity (Wildman–Crippen MR) is 80.2 cm³/mol. The maximum Gasteiger partial charge on any atom is 0.287 e. The molecule has 0 spiro atoms. The number of hydrogen-bond donors (Lipinski definition) is 0. The van der Waals surface area contributed by atoms with Crippen LogP contribution in [0.25, 0.3) is 0 Å². The standard InChI is InChI=1S/C13H21N2O4S/c1-13(2,3)20(4)10-18-7-8-19-12-6-5-11(9-14-12)15(16)17/h5-6,9H,7-8,10H2,1-4H3/q+1. The second kappa shape index (κ2) is 7.44. The average Bonchev–Trinajstić information content (AvgIpc) is 2.37. The third-order valence-electron chi connectivity index (χ3n) is 2.71. The highest BCUT2D eigenvalue weighted by molar-refractivity contribution is 7.97. The summed E-state index contributed by atoms with van der Waals surface area (Å²) < 4.78 is 11.2. The fourth-order valence-corrected chi connectivity index (χ4v) is 1.85. The molecule has 0 saturated heterocycles. The van der Waals surface area contributed by atoms with Crippen LogP contribution in [0.3, 0.4) is 0 Å². The second-order valence-corrected chi connectivity index (χ2v) is 7.97. The first-order valence-corrected chi connectivity index (χ1v) is 8.04. The molecule has 1 atom stereocenters. The third-order valence-corrected chi connectivity index (χ3v) is 5.33. The summed E-state index contributed by atoms with van der Waals surface area (Å²) in [5.41, 5.74) is -0.0474. The van der Waals surface area contributed by atoms with Crippen molar-refractivity contribution in [3.8, 4) is 5.88 Å². The molecule has 0 aromatic carbocycles. The fourth-order valence-electron chi connectivity index (χ4n) is 1.13. The SMILES string of the molecule is C[S+](COCCOc1ccc([N+](=O)[O-])cn1)C(C)(C)C. The Morgan fingerprint density at radius 2 is 2.05 bits per heavy atom. The predicted octanol–water partition coefficient (Wildman–Crippen LogP) is 2.39. The first-order chi connectivity index (χ1) is 9.30. The van der Waals surface area contributed by atoms with Gasteiger partial charge in [0.05, 0.1) is 11.5 Å². The Morgan fingerprint density at radius 1 is 1.35 bits per heavy atom. The molecule has 1 aromatic rings. The smallest absolute Gasteiger partial charge is 0.287 e. The molecule has 0 bridgehead atoms. The molecule has 0 aliphatic heterocycles. The summed E-state index contributed by atoms with van der Waals surface area (Å²) in [6.07, 6.45) is 3.36. The van der Waals surface area contributed by atoms with Gasteiger partial charge in [0, 0.05) is 23.0 Å². The Balaban J connectivity index is 2.23. The second-order valence-electron chi connectivity index (χ2n) is 5.24. The van der Waals surface area contributed by atoms with E-state index in [9.17, 15) is 10.1 Å². The number of pyridine rings is 1. The Kier molecular flexibility index (Phi) is 6.22. The first kappa shape index (κ1) is 16.7. The van der Waals surface area contributed by atoms with Gasteiger partial charge in [0.25, 0.3) is 5.69 Å². The lowest BCUT2D eigenvalue weighted by Crippen LogP contribution is -2.31. The molecule has 0 aliphatic carbocycles. The summed E-state index contributed by atoms with van der Waals surface area (Å²) in [6, 6.07) is 2.85. The lowest BCUT2D eigenvalue weighted by Gasteiger charge is -2.17. The zero-order valence-corrected chi connectivity index (χ0v) is 13.1. The molecule has 6 nitrogen and oxygen atoms in total. The van der Waals surface area contributed by atoms with Crippen molar-refractivity contribution < 1.29 is 14.4 Å². The molecule has 20 heavy (non-hydrogen) atoms. The minimum Gasteiger partial charge on any atom is -0.475 e. The van der Waals surface area contributed by atoms with Gasteiger partial charge in [0.2, 0.25) is 11.8 Å². The van der Waals surface area contributed by atoms with E-state index in [1.165, 1.54) is 18.3 Å². The van der Waals surface area contributed by atoms with Crippen molar-refractivity contribution in [1.29, 1.82) is 0 Å². The van der Waals surface area contributed by atoms with E-state index in [0.29, 0.717) is 25.0 Å². The zero-order chi connectivity index (χ0) is 15.2. The van der Waals surface area contributed by atoms with Gasteiger partial charge in [-0.25, -0.2) is 4.98 Å². The zero-order valence-electron chi connectivity index (χ0n) is 12.3. The van der Waals surface area contributed by atoms with Crippen LogP contribution in [0.1, 0.15) is 20.8 Å². The largest absolute Gasteiger partial charge is 0.475 e. The summed E-state index contributed by atoms with van der Waals surface area (Å²) in [7, 11) is 0.188. The molecule has 1 aromatic heterocycles. The summed E-state index contributed by atoms with van der Waals surface area (Å²) in [5.74, 6) is 1.08. The molecular formula is C13H21N2O4S+. The topological polar surface area (TPSA) is 74.5 Å². The Morgan fingerprint density at radius 3 is 2.55 bits per heavy atom. The lowest BCUT2D eigenvalue weighted by molar-refractivity contribution is -0.385. The summed E-state index contributed by atoms with van der Waals surface area (Å²) >= 11 is 0. The van der Waals surface area contributed by atoms with Crippen LogP contribution < -0.4 is 4.74 Å². The fraction of sp³-hybridized carbons (Fsp3) is 0.615. The maximum absolute atomic E-state index is 10.5. The van der Waals surface area contributed by atoms with Crippen LogP contribution in [0, 0.1) is 10.1 Å². The monoisotopic (exact) mass is 301 g/mol. The minimum absolute atomic E-state index is 0.0474. The highest BCUT2D eigenvalue weighted by Gasteiger charge is 2.29. The van der Waals surface area contributed by atoms with Crippen LogP contribution in [0.2, 0.25) is 0 Å². The molecule has 112 valence electrons. The van der Waals surface area contributed by atoms with Gasteiger partial charge in [-0.2, -0.15) is 0 Å². The van der Waals surface area contributed by atoms with E-state index < -0.39 is 4.92 Å². The van der Waals surface area contributed by atoms with Crippen molar-refractivity contribution >= 4 is 16.6 Å². The summed E-state index contributed by atoms with van der Waals surface area (Å²) in [5, 5.41) is 10.5. The van der Waals surface area contributed by atoms with E-state index in [4.69, 9.17) is 9.47 Å². The van der Waals surface area contributed by atoms with Gasteiger partial charge in [0.1, 0.15) is 23.8 Å². The van der Waals surface area contributed by atoms with Crippen molar-refractivity contribution in [2.45, 2.75) is 25.5 Å². The maximum atomic E-state index is 10.5. The minimum atomic E-state index is -0.491. The molecule has 1 unspecified atom stereocenters. The van der Waals surface area contributed by atoms with Crippen LogP contribution >= 0.6 is 0 Å². The van der Waals surface area contributed by atoms with Crippen molar-refractivity contribution in [2.75, 3.05) is 25.4 Å². The molecule has 1 heterocycles. The number of rotatable bonds is 7. The van der Waals surface area contributed by atoms with Gasteiger partial charge in [-0.1, -0.05) is 0 Å². The van der Waals surface area contributed by atoms with Gasteiger partial charge in [-0.05, 0) is 20.8 Å². The molecule has 0 fully saturated rings. The van der Waals surface area contributed by atoms with Crippen LogP contribution in [0.4, 0.5) is 5.69 Å². The van der Waals surface area contributed by atoms with Crippen LogP contribution in [0.15, 0.2) is 18.3 Å². The quantitative estimate of drug-likeness (QED) is 0.334. The third kappa shape index (κ3) is 5.75. The molecule has 0 N–H and O–H groups in total. The van der Waals surface area contributed by atoms with Gasteiger partial charge in [-0.3, -0.25) is 10.1 Å². The van der Waals surface area contributed by atoms with Gasteiger partial charge >= 0.3 is 0 Å². The molecule has 0 saturated carbocycles. The van der Waals surface area contributed by atoms with Gasteiger partial charge < -0.3 is 9.47 Å². The van der Waals surface area contributed by atoms with E-state index in [1.807, 2.05) is 0 Å². The molecule has 0 aliphatic rings. The average molecular weight is 301 g/mol. The van der Waals surface area contributed by atoms with Crippen LogP contribution in [-0.4, -0.2) is 40.1 Å². The van der Waals surface area contributed by atoms with Crippen molar-refractivity contribution in [1.82, 2.24) is 4.98 Å². The van der Waals surface area contributed by atoms with Crippen molar-refractivity contribution in [2.24, 2.45) is 0 Å². The molecule has 7 heteroatoms. The van der Waals surface area contributed by atoms with Crippen LogP contribution in [0.5, 0.6) is 5.88 Å². The van der Waals surface area contributed by atoms with Crippen molar-refractivity contribution in [3.05, 3.63) is 28.4 Å². The van der Waals surface area contributed by atoms with Gasteiger partial charge in [-0.15, -0.1) is 0 Å². The molecule has 0 radical (unpaired) electrons. The number of nitro groups is 1. The number of aromatic nitrogens is 1.